The Morgan fingerprint density at radius 1 is 1.35 bits per heavy atom. The molecule has 0 radical (unpaired) electrons. The summed E-state index contributed by atoms with van der Waals surface area (Å²) in [7, 11) is 1.61. The van der Waals surface area contributed by atoms with Crippen LogP contribution in [0, 0.1) is 0 Å². The van der Waals surface area contributed by atoms with Crippen LogP contribution in [0.15, 0.2) is 24.3 Å². The van der Waals surface area contributed by atoms with Gasteiger partial charge in [0.2, 0.25) is 11.8 Å². The average molecular weight is 316 g/mol. The quantitative estimate of drug-likeness (QED) is 0.808. The van der Waals surface area contributed by atoms with Crippen LogP contribution in [-0.4, -0.2) is 50.1 Å². The van der Waals surface area contributed by atoms with Crippen molar-refractivity contribution in [3.63, 3.8) is 0 Å². The minimum atomic E-state index is 0.110. The third-order valence-corrected chi connectivity index (χ3v) is 4.81. The zero-order chi connectivity index (χ0) is 16.2. The van der Waals surface area contributed by atoms with Gasteiger partial charge in [0, 0.05) is 44.8 Å². The second-order valence-corrected chi connectivity index (χ2v) is 6.28. The number of ether oxygens (including phenoxy) is 1. The van der Waals surface area contributed by atoms with Crippen molar-refractivity contribution in [2.45, 2.75) is 31.6 Å². The maximum Gasteiger partial charge on any atom is 0.229 e. The molecule has 1 aromatic carbocycles. The van der Waals surface area contributed by atoms with Gasteiger partial charge in [-0.1, -0.05) is 18.2 Å². The highest BCUT2D eigenvalue weighted by Crippen LogP contribution is 2.38. The molecule has 2 aliphatic rings. The van der Waals surface area contributed by atoms with E-state index in [2.05, 4.69) is 6.07 Å². The molecule has 2 amide bonds. The molecule has 2 heterocycles. The van der Waals surface area contributed by atoms with E-state index in [0.29, 0.717) is 31.9 Å². The van der Waals surface area contributed by atoms with Crippen molar-refractivity contribution in [1.29, 1.82) is 0 Å². The zero-order valence-electron chi connectivity index (χ0n) is 13.7. The number of anilines is 1. The number of methoxy groups -OCH3 is 1. The van der Waals surface area contributed by atoms with Crippen molar-refractivity contribution in [3.05, 3.63) is 29.8 Å². The first-order valence-electron chi connectivity index (χ1n) is 8.36. The van der Waals surface area contributed by atoms with Crippen LogP contribution in [0.5, 0.6) is 0 Å². The SMILES string of the molecule is COCCC(=O)N1C[C@H](CCN2CCCC2=O)c2ccccc21. The summed E-state index contributed by atoms with van der Waals surface area (Å²) in [4.78, 5) is 28.0. The van der Waals surface area contributed by atoms with Crippen LogP contribution >= 0.6 is 0 Å². The summed E-state index contributed by atoms with van der Waals surface area (Å²) < 4.78 is 5.02. The minimum Gasteiger partial charge on any atom is -0.384 e. The molecule has 1 aromatic rings. The number of para-hydroxylation sites is 1. The van der Waals surface area contributed by atoms with E-state index in [1.807, 2.05) is 28.0 Å². The number of hydrogen-bond acceptors (Lipinski definition) is 3. The van der Waals surface area contributed by atoms with Gasteiger partial charge in [-0.05, 0) is 24.5 Å². The minimum absolute atomic E-state index is 0.110. The fourth-order valence-corrected chi connectivity index (χ4v) is 3.56. The Bertz CT molecular complexity index is 587. The molecular formula is C18H24N2O3. The lowest BCUT2D eigenvalue weighted by molar-refractivity contribution is -0.127. The van der Waals surface area contributed by atoms with Crippen molar-refractivity contribution >= 4 is 17.5 Å². The van der Waals surface area contributed by atoms with E-state index in [4.69, 9.17) is 4.74 Å². The molecule has 2 aliphatic heterocycles. The van der Waals surface area contributed by atoms with Gasteiger partial charge < -0.3 is 14.5 Å². The molecule has 0 saturated carbocycles. The Morgan fingerprint density at radius 3 is 2.91 bits per heavy atom. The number of rotatable bonds is 6. The predicted octanol–water partition coefficient (Wildman–Crippen LogP) is 2.17. The molecule has 0 bridgehead atoms. The molecule has 3 rings (SSSR count). The first-order chi connectivity index (χ1) is 11.2. The van der Waals surface area contributed by atoms with Gasteiger partial charge in [-0.3, -0.25) is 9.59 Å². The molecule has 0 unspecified atom stereocenters. The van der Waals surface area contributed by atoms with Crippen LogP contribution in [0.2, 0.25) is 0 Å². The Balaban J connectivity index is 1.68. The lowest BCUT2D eigenvalue weighted by Crippen LogP contribution is -2.31. The number of hydrogen-bond donors (Lipinski definition) is 0. The Labute approximate surface area is 137 Å². The molecule has 0 aliphatic carbocycles. The molecule has 1 saturated heterocycles. The van der Waals surface area contributed by atoms with Crippen molar-refractivity contribution in [2.24, 2.45) is 0 Å². The number of likely N-dealkylation sites (tertiary alicyclic amines) is 1. The molecule has 0 spiro atoms. The van der Waals surface area contributed by atoms with E-state index < -0.39 is 0 Å². The number of nitrogens with zero attached hydrogens (tertiary/aromatic N) is 2. The van der Waals surface area contributed by atoms with Gasteiger partial charge in [0.15, 0.2) is 0 Å². The number of carbonyl (C=O) groups is 2. The van der Waals surface area contributed by atoms with Crippen molar-refractivity contribution < 1.29 is 14.3 Å². The van der Waals surface area contributed by atoms with Gasteiger partial charge in [0.1, 0.15) is 0 Å². The van der Waals surface area contributed by atoms with Gasteiger partial charge in [-0.25, -0.2) is 0 Å². The summed E-state index contributed by atoms with van der Waals surface area (Å²) in [5.41, 5.74) is 2.25. The van der Waals surface area contributed by atoms with Gasteiger partial charge >= 0.3 is 0 Å². The van der Waals surface area contributed by atoms with Crippen LogP contribution in [0.3, 0.4) is 0 Å². The number of carbonyl (C=O) groups excluding carboxylic acids is 2. The van der Waals surface area contributed by atoms with Crippen molar-refractivity contribution in [1.82, 2.24) is 4.90 Å². The largest absolute Gasteiger partial charge is 0.384 e. The molecule has 0 N–H and O–H groups in total. The fraction of sp³-hybridized carbons (Fsp3) is 0.556. The van der Waals surface area contributed by atoms with E-state index in [9.17, 15) is 9.59 Å². The number of benzene rings is 1. The molecule has 1 atom stereocenters. The molecular weight excluding hydrogens is 292 g/mol. The van der Waals surface area contributed by atoms with Gasteiger partial charge in [0.25, 0.3) is 0 Å². The number of amides is 2. The highest BCUT2D eigenvalue weighted by Gasteiger charge is 2.32. The second-order valence-electron chi connectivity index (χ2n) is 6.28. The van der Waals surface area contributed by atoms with Gasteiger partial charge in [0.05, 0.1) is 13.0 Å². The average Bonchev–Trinajstić information content (AvgIpc) is 3.14. The Kier molecular flexibility index (Phi) is 4.96. The summed E-state index contributed by atoms with van der Waals surface area (Å²) in [6, 6.07) is 8.12. The third-order valence-electron chi connectivity index (χ3n) is 4.81. The summed E-state index contributed by atoms with van der Waals surface area (Å²) in [5.74, 6) is 0.689. The lowest BCUT2D eigenvalue weighted by Gasteiger charge is -2.20. The monoisotopic (exact) mass is 316 g/mol. The summed E-state index contributed by atoms with van der Waals surface area (Å²) >= 11 is 0. The van der Waals surface area contributed by atoms with Gasteiger partial charge in [-0.2, -0.15) is 0 Å². The molecule has 1 fully saturated rings. The first-order valence-corrected chi connectivity index (χ1v) is 8.36. The van der Waals surface area contributed by atoms with Crippen molar-refractivity contribution in [2.75, 3.05) is 38.3 Å². The summed E-state index contributed by atoms with van der Waals surface area (Å²) in [6.45, 7) is 2.83. The van der Waals surface area contributed by atoms with Crippen LogP contribution in [-0.2, 0) is 14.3 Å². The third kappa shape index (κ3) is 3.39. The number of fused-ring (bicyclic) bond motifs is 1. The maximum atomic E-state index is 12.4. The maximum absolute atomic E-state index is 12.4. The van der Waals surface area contributed by atoms with Gasteiger partial charge in [-0.15, -0.1) is 0 Å². The molecule has 5 heteroatoms. The van der Waals surface area contributed by atoms with E-state index in [0.717, 1.165) is 31.6 Å². The molecule has 23 heavy (non-hydrogen) atoms. The van der Waals surface area contributed by atoms with E-state index in [-0.39, 0.29) is 11.8 Å². The molecule has 5 nitrogen and oxygen atoms in total. The van der Waals surface area contributed by atoms with Crippen LogP contribution < -0.4 is 4.90 Å². The Hall–Kier alpha value is -1.88. The van der Waals surface area contributed by atoms with E-state index in [1.54, 1.807) is 7.11 Å². The highest BCUT2D eigenvalue weighted by atomic mass is 16.5. The highest BCUT2D eigenvalue weighted by molar-refractivity contribution is 5.96. The topological polar surface area (TPSA) is 49.9 Å². The normalized spacial score (nSPS) is 20.2. The molecule has 0 aromatic heterocycles. The fourth-order valence-electron chi connectivity index (χ4n) is 3.56. The second kappa shape index (κ2) is 7.13. The van der Waals surface area contributed by atoms with Crippen LogP contribution in [0.4, 0.5) is 5.69 Å². The smallest absolute Gasteiger partial charge is 0.229 e. The van der Waals surface area contributed by atoms with Crippen molar-refractivity contribution in [3.8, 4) is 0 Å². The first kappa shape index (κ1) is 16.0. The summed E-state index contributed by atoms with van der Waals surface area (Å²) in [5, 5.41) is 0. The zero-order valence-corrected chi connectivity index (χ0v) is 13.7. The summed E-state index contributed by atoms with van der Waals surface area (Å²) in [6.07, 6.45) is 2.98. The van der Waals surface area contributed by atoms with Crippen LogP contribution in [0.1, 0.15) is 37.2 Å². The van der Waals surface area contributed by atoms with Crippen LogP contribution in [0.25, 0.3) is 0 Å². The lowest BCUT2D eigenvalue weighted by atomic mass is 9.98. The van der Waals surface area contributed by atoms with E-state index in [1.165, 1.54) is 5.56 Å². The predicted molar refractivity (Wildman–Crippen MR) is 88.5 cm³/mol. The Morgan fingerprint density at radius 2 is 2.17 bits per heavy atom. The van der Waals surface area contributed by atoms with E-state index >= 15 is 0 Å². The molecule has 124 valence electrons. The standard InChI is InChI=1S/C18H24N2O3/c1-23-12-9-18(22)20-13-14(15-5-2-3-6-16(15)20)8-11-19-10-4-7-17(19)21/h2-3,5-6,14H,4,7-13H2,1H3/t14-/m0/s1.